The molecule has 1 rings (SSSR count). The van der Waals surface area contributed by atoms with Crippen LogP contribution in [0.25, 0.3) is 0 Å². The van der Waals surface area contributed by atoms with Crippen molar-refractivity contribution in [2.75, 3.05) is 12.3 Å². The van der Waals surface area contributed by atoms with Gasteiger partial charge in [0.2, 0.25) is 10.0 Å². The minimum atomic E-state index is -3.38. The number of unbranched alkanes of at least 4 members (excludes halogenated alkanes) is 1. The first kappa shape index (κ1) is 15.5. The third kappa shape index (κ3) is 4.59. The highest BCUT2D eigenvalue weighted by molar-refractivity contribution is 7.91. The second-order valence-electron chi connectivity index (χ2n) is 4.47. The smallest absolute Gasteiger partial charge is 0.250 e. The molecule has 1 atom stereocenters. The Morgan fingerprint density at radius 1 is 1.44 bits per heavy atom. The highest BCUT2D eigenvalue weighted by Crippen LogP contribution is 2.21. The van der Waals surface area contributed by atoms with Crippen molar-refractivity contribution in [3.8, 4) is 0 Å². The molecule has 0 bridgehead atoms. The summed E-state index contributed by atoms with van der Waals surface area (Å²) in [6.45, 7) is 4.75. The topological polar surface area (TPSA) is 72.2 Å². The van der Waals surface area contributed by atoms with Crippen molar-refractivity contribution in [3.05, 3.63) is 11.4 Å². The van der Waals surface area contributed by atoms with Crippen molar-refractivity contribution >= 4 is 27.0 Å². The van der Waals surface area contributed by atoms with Crippen LogP contribution in [0.5, 0.6) is 0 Å². The molecule has 0 saturated carbocycles. The fourth-order valence-corrected chi connectivity index (χ4v) is 3.95. The zero-order valence-electron chi connectivity index (χ0n) is 11.0. The number of hydrogen-bond donors (Lipinski definition) is 2. The van der Waals surface area contributed by atoms with Gasteiger partial charge in [0.25, 0.3) is 0 Å². The molecule has 1 aromatic heterocycles. The molecule has 0 amide bonds. The van der Waals surface area contributed by atoms with Gasteiger partial charge in [0, 0.05) is 17.6 Å². The van der Waals surface area contributed by atoms with Crippen molar-refractivity contribution in [2.24, 2.45) is 5.92 Å². The van der Waals surface area contributed by atoms with Crippen LogP contribution in [0, 0.1) is 5.92 Å². The van der Waals surface area contributed by atoms with Crippen LogP contribution >= 0.6 is 11.3 Å². The van der Waals surface area contributed by atoms with Gasteiger partial charge in [-0.05, 0) is 18.4 Å². The van der Waals surface area contributed by atoms with Crippen LogP contribution in [-0.4, -0.2) is 15.0 Å². The molecule has 0 aliphatic carbocycles. The molecule has 18 heavy (non-hydrogen) atoms. The quantitative estimate of drug-likeness (QED) is 0.773. The number of nitrogens with two attached hydrogens (primary N) is 1. The fraction of sp³-hybridized carbons (Fsp3) is 0.667. The Hall–Kier alpha value is -0.590. The van der Waals surface area contributed by atoms with Crippen LogP contribution in [0.4, 0.5) is 5.69 Å². The molecular weight excluding hydrogens is 268 g/mol. The van der Waals surface area contributed by atoms with Gasteiger partial charge in [0.05, 0.1) is 0 Å². The van der Waals surface area contributed by atoms with E-state index in [9.17, 15) is 8.42 Å². The molecule has 0 fully saturated rings. The Labute approximate surface area is 114 Å². The van der Waals surface area contributed by atoms with Gasteiger partial charge in [-0.2, -0.15) is 0 Å². The number of sulfonamides is 1. The molecule has 1 heterocycles. The van der Waals surface area contributed by atoms with Gasteiger partial charge in [-0.25, -0.2) is 13.1 Å². The lowest BCUT2D eigenvalue weighted by atomic mass is 10.00. The normalized spacial score (nSPS) is 13.7. The van der Waals surface area contributed by atoms with Crippen LogP contribution in [0.1, 0.15) is 39.5 Å². The Balaban J connectivity index is 2.55. The lowest BCUT2D eigenvalue weighted by Crippen LogP contribution is -2.28. The second kappa shape index (κ2) is 7.11. The van der Waals surface area contributed by atoms with Crippen LogP contribution in [0.3, 0.4) is 0 Å². The molecule has 0 saturated heterocycles. The summed E-state index contributed by atoms with van der Waals surface area (Å²) in [5.74, 6) is 0.414. The summed E-state index contributed by atoms with van der Waals surface area (Å²) >= 11 is 1.16. The third-order valence-corrected chi connectivity index (χ3v) is 5.85. The molecule has 0 aliphatic rings. The van der Waals surface area contributed by atoms with E-state index in [0.29, 0.717) is 22.4 Å². The number of anilines is 1. The van der Waals surface area contributed by atoms with Crippen LogP contribution in [0.15, 0.2) is 15.7 Å². The van der Waals surface area contributed by atoms with Crippen molar-refractivity contribution in [3.63, 3.8) is 0 Å². The number of nitrogens with one attached hydrogen (secondary N) is 1. The van der Waals surface area contributed by atoms with Gasteiger partial charge in [0.15, 0.2) is 0 Å². The molecular formula is C12H22N2O2S2. The molecule has 0 aliphatic heterocycles. The summed E-state index contributed by atoms with van der Waals surface area (Å²) in [6, 6.07) is 1.50. The Kier molecular flexibility index (Phi) is 6.11. The van der Waals surface area contributed by atoms with Gasteiger partial charge >= 0.3 is 0 Å². The zero-order chi connectivity index (χ0) is 13.6. The Morgan fingerprint density at radius 3 is 2.67 bits per heavy atom. The molecule has 4 nitrogen and oxygen atoms in total. The Morgan fingerprint density at radius 2 is 2.17 bits per heavy atom. The van der Waals surface area contributed by atoms with Crippen LogP contribution in [0.2, 0.25) is 0 Å². The van der Waals surface area contributed by atoms with Gasteiger partial charge in [-0.15, -0.1) is 11.3 Å². The van der Waals surface area contributed by atoms with Gasteiger partial charge in [0.1, 0.15) is 4.21 Å². The second-order valence-corrected chi connectivity index (χ2v) is 7.37. The zero-order valence-corrected chi connectivity index (χ0v) is 12.6. The van der Waals surface area contributed by atoms with Gasteiger partial charge < -0.3 is 5.73 Å². The van der Waals surface area contributed by atoms with E-state index in [1.165, 1.54) is 6.07 Å². The maximum atomic E-state index is 12.0. The molecule has 104 valence electrons. The number of thiophene rings is 1. The predicted octanol–water partition coefficient (Wildman–Crippen LogP) is 2.83. The first-order valence-corrected chi connectivity index (χ1v) is 8.69. The van der Waals surface area contributed by atoms with Crippen molar-refractivity contribution in [1.29, 1.82) is 0 Å². The van der Waals surface area contributed by atoms with Crippen molar-refractivity contribution < 1.29 is 8.42 Å². The maximum absolute atomic E-state index is 12.0. The van der Waals surface area contributed by atoms with Crippen molar-refractivity contribution in [1.82, 2.24) is 4.72 Å². The molecule has 1 aromatic rings. The monoisotopic (exact) mass is 290 g/mol. The van der Waals surface area contributed by atoms with E-state index >= 15 is 0 Å². The van der Waals surface area contributed by atoms with Gasteiger partial charge in [-0.1, -0.05) is 33.1 Å². The van der Waals surface area contributed by atoms with Crippen LogP contribution in [-0.2, 0) is 10.0 Å². The van der Waals surface area contributed by atoms with E-state index < -0.39 is 10.0 Å². The lowest BCUT2D eigenvalue weighted by molar-refractivity contribution is 0.444. The number of rotatable bonds is 8. The molecule has 0 spiro atoms. The number of hydrogen-bond acceptors (Lipinski definition) is 4. The van der Waals surface area contributed by atoms with Gasteiger partial charge in [-0.3, -0.25) is 0 Å². The van der Waals surface area contributed by atoms with E-state index in [-0.39, 0.29) is 0 Å². The number of nitrogen functional groups attached to an aromatic ring is 1. The first-order chi connectivity index (χ1) is 8.49. The lowest BCUT2D eigenvalue weighted by Gasteiger charge is -2.14. The summed E-state index contributed by atoms with van der Waals surface area (Å²) in [5.41, 5.74) is 6.04. The standard InChI is InChI=1S/C12H22N2O2S2/c1-3-5-6-10(4-2)8-14-18(15,16)12-7-11(13)9-17-12/h7,9-10,14H,3-6,8,13H2,1-2H3. The summed E-state index contributed by atoms with van der Waals surface area (Å²) in [4.78, 5) is 0. The molecule has 0 aromatic carbocycles. The maximum Gasteiger partial charge on any atom is 0.250 e. The third-order valence-electron chi connectivity index (χ3n) is 2.97. The molecule has 3 N–H and O–H groups in total. The molecule has 1 unspecified atom stereocenters. The largest absolute Gasteiger partial charge is 0.398 e. The predicted molar refractivity (Wildman–Crippen MR) is 77.2 cm³/mol. The minimum Gasteiger partial charge on any atom is -0.398 e. The fourth-order valence-electron chi connectivity index (χ4n) is 1.71. The van der Waals surface area contributed by atoms with E-state index in [4.69, 9.17) is 5.73 Å². The highest BCUT2D eigenvalue weighted by Gasteiger charge is 2.17. The molecule has 6 heteroatoms. The summed E-state index contributed by atoms with van der Waals surface area (Å²) in [5, 5.41) is 1.64. The van der Waals surface area contributed by atoms with E-state index in [2.05, 4.69) is 18.6 Å². The minimum absolute atomic E-state index is 0.297. The average molecular weight is 290 g/mol. The Bertz CT molecular complexity index is 454. The van der Waals surface area contributed by atoms with E-state index in [1.807, 2.05) is 0 Å². The first-order valence-electron chi connectivity index (χ1n) is 6.33. The van der Waals surface area contributed by atoms with Crippen LogP contribution < -0.4 is 10.5 Å². The van der Waals surface area contributed by atoms with Crippen molar-refractivity contribution in [2.45, 2.75) is 43.7 Å². The van der Waals surface area contributed by atoms with E-state index in [1.54, 1.807) is 5.38 Å². The summed E-state index contributed by atoms with van der Waals surface area (Å²) in [6.07, 6.45) is 4.36. The average Bonchev–Trinajstić information content (AvgIpc) is 2.77. The SMILES string of the molecule is CCCCC(CC)CNS(=O)(=O)c1cc(N)cs1. The summed E-state index contributed by atoms with van der Waals surface area (Å²) in [7, 11) is -3.38. The van der Waals surface area contributed by atoms with E-state index in [0.717, 1.165) is 37.0 Å². The highest BCUT2D eigenvalue weighted by atomic mass is 32.2. The molecule has 0 radical (unpaired) electrons. The summed E-state index contributed by atoms with van der Waals surface area (Å²) < 4.78 is 26.9.